The normalized spacial score (nSPS) is 7.89. The van der Waals surface area contributed by atoms with E-state index in [2.05, 4.69) is 11.3 Å². The van der Waals surface area contributed by atoms with Crippen molar-refractivity contribution in [2.45, 2.75) is 20.0 Å². The minimum Gasteiger partial charge on any atom is -0.460 e. The molecule has 0 aliphatic rings. The number of ether oxygens (including phenoxy) is 1. The summed E-state index contributed by atoms with van der Waals surface area (Å²) in [4.78, 5) is 10.3. The Balaban J connectivity index is 0. The van der Waals surface area contributed by atoms with Crippen LogP contribution in [0.1, 0.15) is 13.8 Å². The van der Waals surface area contributed by atoms with E-state index in [1.54, 1.807) is 13.8 Å². The quantitative estimate of drug-likeness (QED) is 0.306. The maximum atomic E-state index is 10.3. The van der Waals surface area contributed by atoms with Crippen LogP contribution in [0.2, 0.25) is 0 Å². The van der Waals surface area contributed by atoms with E-state index in [0.717, 1.165) is 6.08 Å². The average molecular weight is 121 g/mol. The van der Waals surface area contributed by atoms with Gasteiger partial charge in [-0.2, -0.15) is 0 Å². The van der Waals surface area contributed by atoms with Gasteiger partial charge in [-0.3, -0.25) is 0 Å². The van der Waals surface area contributed by atoms with Crippen LogP contribution in [0.4, 0.5) is 0 Å². The first-order valence-electron chi connectivity index (χ1n) is 2.50. The Morgan fingerprint density at radius 1 is 1.67 bits per heavy atom. The van der Waals surface area contributed by atoms with Crippen molar-refractivity contribution in [3.05, 3.63) is 12.7 Å². The molecule has 47 valence electrons. The smallest absolute Gasteiger partial charge is 0.330 e. The molecule has 0 aromatic heterocycles. The zero-order valence-electron chi connectivity index (χ0n) is 6.18. The van der Waals surface area contributed by atoms with Crippen LogP contribution in [0.3, 0.4) is 0 Å². The number of hydrogen-bond acceptors (Lipinski definition) is 2. The van der Waals surface area contributed by atoms with Crippen LogP contribution < -0.4 is 0 Å². The van der Waals surface area contributed by atoms with Crippen molar-refractivity contribution in [1.82, 2.24) is 0 Å². The van der Waals surface area contributed by atoms with Gasteiger partial charge in [0.25, 0.3) is 0 Å². The minimum absolute atomic E-state index is 0. The van der Waals surface area contributed by atoms with Gasteiger partial charge in [0.05, 0.1) is 6.10 Å². The standard InChI is InChI=1S/C6H10O2.Li/c1-4-6(7)8-5(2)3;/h4-5H,1H2,2-3H3;. The van der Waals surface area contributed by atoms with Crippen LogP contribution in [0.25, 0.3) is 0 Å². The van der Waals surface area contributed by atoms with Crippen LogP contribution in [0, 0.1) is 0 Å². The van der Waals surface area contributed by atoms with Gasteiger partial charge in [-0.15, -0.1) is 0 Å². The van der Waals surface area contributed by atoms with Crippen molar-refractivity contribution >= 4 is 24.8 Å². The van der Waals surface area contributed by atoms with E-state index in [4.69, 9.17) is 0 Å². The number of carbonyl (C=O) groups excluding carboxylic acids is 1. The summed E-state index contributed by atoms with van der Waals surface area (Å²) < 4.78 is 4.64. The fraction of sp³-hybridized carbons (Fsp3) is 0.500. The molecular weight excluding hydrogens is 111 g/mol. The summed E-state index contributed by atoms with van der Waals surface area (Å²) in [5.41, 5.74) is 0. The first-order chi connectivity index (χ1) is 3.66. The average Bonchev–Trinajstić information content (AvgIpc) is 1.65. The molecule has 0 saturated heterocycles. The number of carbonyl (C=O) groups is 1. The number of hydrogen-bond donors (Lipinski definition) is 0. The first kappa shape index (κ1) is 11.6. The van der Waals surface area contributed by atoms with Gasteiger partial charge >= 0.3 is 5.97 Å². The maximum Gasteiger partial charge on any atom is 0.330 e. The molecule has 0 N–H and O–H groups in total. The summed E-state index contributed by atoms with van der Waals surface area (Å²) in [6, 6.07) is 0. The predicted molar refractivity (Wildman–Crippen MR) is 37.2 cm³/mol. The Hall–Kier alpha value is -0.193. The van der Waals surface area contributed by atoms with Gasteiger partial charge in [-0.1, -0.05) is 6.58 Å². The van der Waals surface area contributed by atoms with Gasteiger partial charge in [-0.05, 0) is 13.8 Å². The minimum atomic E-state index is -0.361. The summed E-state index contributed by atoms with van der Waals surface area (Å²) in [5, 5.41) is 0. The molecular formula is C6H10LiO2. The van der Waals surface area contributed by atoms with E-state index in [1.807, 2.05) is 0 Å². The Bertz CT molecular complexity index is 99.2. The molecule has 0 rings (SSSR count). The van der Waals surface area contributed by atoms with Gasteiger partial charge in [0.2, 0.25) is 0 Å². The van der Waals surface area contributed by atoms with Crippen LogP contribution >= 0.6 is 0 Å². The molecule has 2 nitrogen and oxygen atoms in total. The first-order valence-corrected chi connectivity index (χ1v) is 2.50. The van der Waals surface area contributed by atoms with E-state index in [0.29, 0.717) is 0 Å². The molecule has 0 bridgehead atoms. The SMILES string of the molecule is C=CC(=O)OC(C)C.[Li]. The summed E-state index contributed by atoms with van der Waals surface area (Å²) in [7, 11) is 0. The molecule has 0 aliphatic carbocycles. The third-order valence-corrected chi connectivity index (χ3v) is 0.519. The molecule has 0 saturated carbocycles. The predicted octanol–water partition coefficient (Wildman–Crippen LogP) is 0.743. The Labute approximate surface area is 67.4 Å². The topological polar surface area (TPSA) is 26.3 Å². The van der Waals surface area contributed by atoms with Gasteiger partial charge < -0.3 is 4.74 Å². The molecule has 0 amide bonds. The fourth-order valence-corrected chi connectivity index (χ4v) is 0.280. The molecule has 0 aromatic rings. The Morgan fingerprint density at radius 2 is 2.11 bits per heavy atom. The second kappa shape index (κ2) is 5.94. The Morgan fingerprint density at radius 3 is 2.22 bits per heavy atom. The second-order valence-electron chi connectivity index (χ2n) is 1.69. The Kier molecular flexibility index (Phi) is 7.64. The summed E-state index contributed by atoms with van der Waals surface area (Å²) in [6.07, 6.45) is 1.11. The van der Waals surface area contributed by atoms with Gasteiger partial charge in [0.1, 0.15) is 0 Å². The van der Waals surface area contributed by atoms with E-state index in [9.17, 15) is 4.79 Å². The molecule has 0 aliphatic heterocycles. The molecule has 3 heteroatoms. The molecule has 0 unspecified atom stereocenters. The zero-order chi connectivity index (χ0) is 6.57. The molecule has 0 atom stereocenters. The van der Waals surface area contributed by atoms with Crippen LogP contribution in [0.15, 0.2) is 12.7 Å². The van der Waals surface area contributed by atoms with E-state index in [-0.39, 0.29) is 30.9 Å². The van der Waals surface area contributed by atoms with Crippen molar-refractivity contribution in [2.75, 3.05) is 0 Å². The maximum absolute atomic E-state index is 10.3. The second-order valence-corrected chi connectivity index (χ2v) is 1.69. The van der Waals surface area contributed by atoms with Crippen molar-refractivity contribution in [3.8, 4) is 0 Å². The van der Waals surface area contributed by atoms with Crippen molar-refractivity contribution in [3.63, 3.8) is 0 Å². The summed E-state index contributed by atoms with van der Waals surface area (Å²) in [6.45, 7) is 6.83. The monoisotopic (exact) mass is 121 g/mol. The molecule has 1 radical (unpaired) electrons. The third-order valence-electron chi connectivity index (χ3n) is 0.519. The van der Waals surface area contributed by atoms with Crippen molar-refractivity contribution < 1.29 is 9.53 Å². The number of esters is 1. The molecule has 0 spiro atoms. The van der Waals surface area contributed by atoms with Crippen LogP contribution in [0.5, 0.6) is 0 Å². The van der Waals surface area contributed by atoms with Crippen LogP contribution in [-0.2, 0) is 9.53 Å². The molecule has 0 heterocycles. The molecule has 0 fully saturated rings. The van der Waals surface area contributed by atoms with E-state index in [1.165, 1.54) is 0 Å². The summed E-state index contributed by atoms with van der Waals surface area (Å²) in [5.74, 6) is -0.361. The molecule has 0 aromatic carbocycles. The largest absolute Gasteiger partial charge is 0.460 e. The van der Waals surface area contributed by atoms with E-state index >= 15 is 0 Å². The van der Waals surface area contributed by atoms with Gasteiger partial charge in [-0.25, -0.2) is 4.79 Å². The third kappa shape index (κ3) is 7.81. The fourth-order valence-electron chi connectivity index (χ4n) is 0.280. The van der Waals surface area contributed by atoms with Gasteiger partial charge in [0.15, 0.2) is 0 Å². The van der Waals surface area contributed by atoms with Crippen molar-refractivity contribution in [2.24, 2.45) is 0 Å². The van der Waals surface area contributed by atoms with Crippen LogP contribution in [-0.4, -0.2) is 30.9 Å². The number of rotatable bonds is 2. The zero-order valence-corrected chi connectivity index (χ0v) is 6.18. The van der Waals surface area contributed by atoms with Gasteiger partial charge in [0, 0.05) is 24.9 Å². The van der Waals surface area contributed by atoms with E-state index < -0.39 is 0 Å². The molecule has 9 heavy (non-hydrogen) atoms. The summed E-state index contributed by atoms with van der Waals surface area (Å²) >= 11 is 0. The van der Waals surface area contributed by atoms with Crippen molar-refractivity contribution in [1.29, 1.82) is 0 Å².